The summed E-state index contributed by atoms with van der Waals surface area (Å²) in [5, 5.41) is 19.0. The predicted molar refractivity (Wildman–Crippen MR) is 76.8 cm³/mol. The normalized spacial score (nSPS) is 11.2. The molecule has 0 atom stereocenters. The number of carbonyl (C=O) groups excluding carboxylic acids is 1. The molecular weight excluding hydrogens is 282 g/mol. The van der Waals surface area contributed by atoms with Crippen LogP contribution in [0.2, 0.25) is 5.02 Å². The van der Waals surface area contributed by atoms with Gasteiger partial charge in [-0.3, -0.25) is 4.90 Å². The molecule has 112 valence electrons. The van der Waals surface area contributed by atoms with Crippen LogP contribution in [-0.2, 0) is 11.3 Å². The lowest BCUT2D eigenvalue weighted by atomic mass is 10.0. The van der Waals surface area contributed by atoms with Crippen molar-refractivity contribution in [3.05, 3.63) is 28.8 Å². The fraction of sp³-hybridized carbons (Fsp3) is 0.500. The van der Waals surface area contributed by atoms with Gasteiger partial charge in [0, 0.05) is 16.1 Å². The molecule has 0 spiro atoms. The molecule has 0 saturated carbocycles. The number of nitrogens with zero attached hydrogens (tertiary/aromatic N) is 1. The van der Waals surface area contributed by atoms with Crippen LogP contribution in [0, 0.1) is 0 Å². The first-order chi connectivity index (χ1) is 9.25. The first-order valence-electron chi connectivity index (χ1n) is 6.28. The van der Waals surface area contributed by atoms with Gasteiger partial charge in [-0.05, 0) is 39.0 Å². The van der Waals surface area contributed by atoms with E-state index in [0.29, 0.717) is 10.6 Å². The Labute approximate surface area is 123 Å². The third-order valence-electron chi connectivity index (χ3n) is 2.72. The number of ether oxygens (including phenoxy) is 1. The van der Waals surface area contributed by atoms with Gasteiger partial charge in [-0.15, -0.1) is 0 Å². The fourth-order valence-electron chi connectivity index (χ4n) is 1.64. The van der Waals surface area contributed by atoms with Crippen molar-refractivity contribution in [3.63, 3.8) is 0 Å². The maximum atomic E-state index is 12.0. The molecule has 0 fully saturated rings. The average molecular weight is 302 g/mol. The molecule has 6 heteroatoms. The minimum Gasteiger partial charge on any atom is -0.508 e. The van der Waals surface area contributed by atoms with Crippen molar-refractivity contribution < 1.29 is 19.7 Å². The second-order valence-electron chi connectivity index (χ2n) is 5.37. The lowest BCUT2D eigenvalue weighted by Crippen LogP contribution is -2.45. The number of phenolic OH excluding ortho intramolecular Hbond substituents is 1. The summed E-state index contributed by atoms with van der Waals surface area (Å²) in [4.78, 5) is 13.5. The van der Waals surface area contributed by atoms with Crippen LogP contribution in [0.15, 0.2) is 18.2 Å². The van der Waals surface area contributed by atoms with Crippen molar-refractivity contribution in [2.75, 3.05) is 13.2 Å². The molecule has 1 rings (SSSR count). The zero-order valence-corrected chi connectivity index (χ0v) is 12.6. The van der Waals surface area contributed by atoms with Gasteiger partial charge >= 0.3 is 6.09 Å². The summed E-state index contributed by atoms with van der Waals surface area (Å²) in [6.45, 7) is 5.44. The van der Waals surface area contributed by atoms with Gasteiger partial charge in [0.1, 0.15) is 12.4 Å². The van der Waals surface area contributed by atoms with Crippen molar-refractivity contribution in [1.82, 2.24) is 4.90 Å². The van der Waals surface area contributed by atoms with Gasteiger partial charge in [0.15, 0.2) is 0 Å². The molecule has 0 aliphatic carbocycles. The maximum Gasteiger partial charge on any atom is 0.410 e. The summed E-state index contributed by atoms with van der Waals surface area (Å²) in [5.41, 5.74) is 0.0368. The van der Waals surface area contributed by atoms with Crippen LogP contribution in [-0.4, -0.2) is 40.0 Å². The minimum atomic E-state index is -0.550. The third kappa shape index (κ3) is 4.58. The summed E-state index contributed by atoms with van der Waals surface area (Å²) in [6.07, 6.45) is -0.550. The summed E-state index contributed by atoms with van der Waals surface area (Å²) in [5.74, 6) is 0.0682. The Morgan fingerprint density at radius 3 is 2.60 bits per heavy atom. The van der Waals surface area contributed by atoms with E-state index in [-0.39, 0.29) is 25.5 Å². The summed E-state index contributed by atoms with van der Waals surface area (Å²) in [7, 11) is 0. The molecule has 1 amide bonds. The second kappa shape index (κ2) is 6.81. The lowest BCUT2D eigenvalue weighted by Gasteiger charge is -2.35. The number of halogens is 1. The van der Waals surface area contributed by atoms with E-state index >= 15 is 0 Å². The Morgan fingerprint density at radius 1 is 1.40 bits per heavy atom. The molecule has 0 radical (unpaired) electrons. The molecule has 0 heterocycles. The highest BCUT2D eigenvalue weighted by Crippen LogP contribution is 2.26. The molecule has 0 unspecified atom stereocenters. The number of rotatable bonds is 4. The Kier molecular flexibility index (Phi) is 5.65. The molecule has 1 aromatic carbocycles. The van der Waals surface area contributed by atoms with E-state index in [4.69, 9.17) is 21.4 Å². The van der Waals surface area contributed by atoms with Gasteiger partial charge in [0.25, 0.3) is 0 Å². The molecule has 2 N–H and O–H groups in total. The van der Waals surface area contributed by atoms with E-state index in [0.717, 1.165) is 0 Å². The van der Waals surface area contributed by atoms with Crippen molar-refractivity contribution in [2.24, 2.45) is 0 Å². The highest BCUT2D eigenvalue weighted by molar-refractivity contribution is 6.30. The number of aliphatic hydroxyl groups excluding tert-OH is 1. The third-order valence-corrected chi connectivity index (χ3v) is 2.95. The van der Waals surface area contributed by atoms with Gasteiger partial charge in [-0.2, -0.15) is 0 Å². The van der Waals surface area contributed by atoms with Gasteiger partial charge in [0.2, 0.25) is 0 Å². The Morgan fingerprint density at radius 2 is 2.05 bits per heavy atom. The number of aliphatic hydroxyl groups is 1. The van der Waals surface area contributed by atoms with Gasteiger partial charge < -0.3 is 14.9 Å². The number of benzene rings is 1. The van der Waals surface area contributed by atoms with Crippen LogP contribution in [0.4, 0.5) is 4.79 Å². The molecule has 0 aliphatic heterocycles. The number of carbonyl (C=O) groups is 1. The van der Waals surface area contributed by atoms with Crippen LogP contribution in [0.25, 0.3) is 0 Å². The zero-order chi connectivity index (χ0) is 15.3. The van der Waals surface area contributed by atoms with E-state index in [1.54, 1.807) is 12.1 Å². The van der Waals surface area contributed by atoms with E-state index in [9.17, 15) is 9.90 Å². The zero-order valence-electron chi connectivity index (χ0n) is 11.9. The summed E-state index contributed by atoms with van der Waals surface area (Å²) < 4.78 is 4.94. The number of hydrogen-bond donors (Lipinski definition) is 2. The highest BCUT2D eigenvalue weighted by Gasteiger charge is 2.28. The first-order valence-corrected chi connectivity index (χ1v) is 6.66. The summed E-state index contributed by atoms with van der Waals surface area (Å²) in [6, 6.07) is 4.67. The van der Waals surface area contributed by atoms with Crippen LogP contribution in [0.1, 0.15) is 26.3 Å². The fourth-order valence-corrected chi connectivity index (χ4v) is 1.83. The van der Waals surface area contributed by atoms with Crippen molar-refractivity contribution in [3.8, 4) is 5.75 Å². The van der Waals surface area contributed by atoms with E-state index in [1.807, 2.05) is 20.8 Å². The number of hydrogen-bond acceptors (Lipinski definition) is 4. The molecule has 5 nitrogen and oxygen atoms in total. The van der Waals surface area contributed by atoms with E-state index in [1.165, 1.54) is 11.0 Å². The number of aromatic hydroxyl groups is 1. The molecule has 1 aromatic rings. The average Bonchev–Trinajstić information content (AvgIpc) is 2.35. The first kappa shape index (κ1) is 16.6. The second-order valence-corrected chi connectivity index (χ2v) is 5.80. The SMILES string of the molecule is CC(C)(C)N(Cc1cc(Cl)ccc1O)C(=O)OCCO. The number of phenols is 1. The topological polar surface area (TPSA) is 70.0 Å². The van der Waals surface area contributed by atoms with Crippen LogP contribution < -0.4 is 0 Å². The largest absolute Gasteiger partial charge is 0.508 e. The maximum absolute atomic E-state index is 12.0. The highest BCUT2D eigenvalue weighted by atomic mass is 35.5. The smallest absolute Gasteiger partial charge is 0.410 e. The Hall–Kier alpha value is -1.46. The van der Waals surface area contributed by atoms with Gasteiger partial charge in [-0.1, -0.05) is 11.6 Å². The minimum absolute atomic E-state index is 0.0626. The van der Waals surface area contributed by atoms with Crippen molar-refractivity contribution in [2.45, 2.75) is 32.9 Å². The predicted octanol–water partition coefficient (Wildman–Crippen LogP) is 2.78. The quantitative estimate of drug-likeness (QED) is 0.897. The van der Waals surface area contributed by atoms with Crippen molar-refractivity contribution >= 4 is 17.7 Å². The monoisotopic (exact) mass is 301 g/mol. The molecule has 0 aromatic heterocycles. The molecule has 20 heavy (non-hydrogen) atoms. The molecule has 0 aliphatic rings. The lowest BCUT2D eigenvalue weighted by molar-refractivity contribution is 0.0520. The Bertz CT molecular complexity index is 471. The molecule has 0 saturated heterocycles. The van der Waals surface area contributed by atoms with Crippen LogP contribution >= 0.6 is 11.6 Å². The van der Waals surface area contributed by atoms with E-state index in [2.05, 4.69) is 0 Å². The summed E-state index contributed by atoms with van der Waals surface area (Å²) >= 11 is 5.90. The van der Waals surface area contributed by atoms with Gasteiger partial charge in [-0.25, -0.2) is 4.79 Å². The van der Waals surface area contributed by atoms with Crippen LogP contribution in [0.3, 0.4) is 0 Å². The Balaban J connectivity index is 2.95. The number of amides is 1. The van der Waals surface area contributed by atoms with Gasteiger partial charge in [0.05, 0.1) is 13.2 Å². The molecular formula is C14H20ClNO4. The molecule has 0 bridgehead atoms. The van der Waals surface area contributed by atoms with Crippen LogP contribution in [0.5, 0.6) is 5.75 Å². The standard InChI is InChI=1S/C14H20ClNO4/c1-14(2,3)16(13(19)20-7-6-17)9-10-8-11(15)4-5-12(10)18/h4-5,8,17-18H,6-7,9H2,1-3H3. The van der Waals surface area contributed by atoms with E-state index < -0.39 is 11.6 Å². The van der Waals surface area contributed by atoms with Crippen molar-refractivity contribution in [1.29, 1.82) is 0 Å².